The molecule has 0 unspecified atom stereocenters. The average Bonchev–Trinajstić information content (AvgIpc) is 3.61. The number of carbonyl (C=O) groups is 2. The smallest absolute Gasteiger partial charge is 0.407 e. The van der Waals surface area contributed by atoms with Crippen LogP contribution < -0.4 is 10.2 Å². The van der Waals surface area contributed by atoms with Gasteiger partial charge in [-0.15, -0.1) is 34.3 Å². The number of amides is 1. The topological polar surface area (TPSA) is 110 Å². The number of likely N-dealkylation sites (N-methyl/N-ethyl adjacent to an activating group) is 1. The Kier molecular flexibility index (Phi) is 16.6. The van der Waals surface area contributed by atoms with Crippen molar-refractivity contribution in [3.63, 3.8) is 0 Å². The van der Waals surface area contributed by atoms with Crippen molar-refractivity contribution in [2.75, 3.05) is 64.0 Å². The zero-order valence-corrected chi connectivity index (χ0v) is 27.3. The van der Waals surface area contributed by atoms with Gasteiger partial charge in [0.1, 0.15) is 23.9 Å². The molecule has 0 aliphatic rings. The molecule has 9 nitrogen and oxygen atoms in total. The number of ether oxygens (including phenoxy) is 4. The Morgan fingerprint density at radius 1 is 0.976 bits per heavy atom. The zero-order chi connectivity index (χ0) is 30.8. The van der Waals surface area contributed by atoms with Crippen LogP contribution in [0.1, 0.15) is 51.3 Å². The van der Waals surface area contributed by atoms with E-state index in [1.807, 2.05) is 42.3 Å². The van der Waals surface area contributed by atoms with Crippen LogP contribution in [0, 0.1) is 11.3 Å². The van der Waals surface area contributed by atoms with Crippen molar-refractivity contribution >= 4 is 57.4 Å². The first-order chi connectivity index (χ1) is 20.1. The number of nitriles is 1. The fraction of sp³-hybridized carbons (Fsp3) is 0.567. The maximum absolute atomic E-state index is 12.3. The first-order valence-electron chi connectivity index (χ1n) is 14.0. The number of carbonyl (C=O) groups excluding carboxylic acids is 2. The number of nitrogens with one attached hydrogen (secondary N) is 1. The van der Waals surface area contributed by atoms with E-state index < -0.39 is 17.7 Å². The van der Waals surface area contributed by atoms with E-state index in [1.165, 1.54) is 11.3 Å². The van der Waals surface area contributed by atoms with E-state index in [0.29, 0.717) is 38.8 Å². The summed E-state index contributed by atoms with van der Waals surface area (Å²) in [5.74, 6) is 0.0831. The first-order valence-corrected chi connectivity index (χ1v) is 16.2. The number of hydrogen-bond acceptors (Lipinski definition) is 10. The van der Waals surface area contributed by atoms with Crippen molar-refractivity contribution in [1.29, 1.82) is 5.26 Å². The molecule has 0 aliphatic carbocycles. The molecular formula is C30H42ClN3O6S2. The summed E-state index contributed by atoms with van der Waals surface area (Å²) >= 11 is 8.75. The fourth-order valence-corrected chi connectivity index (χ4v) is 5.70. The molecule has 42 heavy (non-hydrogen) atoms. The van der Waals surface area contributed by atoms with Crippen molar-refractivity contribution < 1.29 is 28.5 Å². The van der Waals surface area contributed by atoms with Crippen molar-refractivity contribution in [2.24, 2.45) is 0 Å². The summed E-state index contributed by atoms with van der Waals surface area (Å²) in [4.78, 5) is 29.1. The van der Waals surface area contributed by atoms with Crippen molar-refractivity contribution in [1.82, 2.24) is 5.32 Å². The second-order valence-electron chi connectivity index (χ2n) is 10.3. The summed E-state index contributed by atoms with van der Waals surface area (Å²) in [6, 6.07) is 9.82. The predicted octanol–water partition coefficient (Wildman–Crippen LogP) is 6.72. The highest BCUT2D eigenvalue weighted by Crippen LogP contribution is 2.37. The largest absolute Gasteiger partial charge is 0.456 e. The molecule has 0 fully saturated rings. The van der Waals surface area contributed by atoms with Crippen LogP contribution in [-0.4, -0.2) is 76.7 Å². The van der Waals surface area contributed by atoms with Gasteiger partial charge in [0.2, 0.25) is 0 Å². The molecule has 232 valence electrons. The molecule has 0 aromatic carbocycles. The summed E-state index contributed by atoms with van der Waals surface area (Å²) in [7, 11) is 1.94. The molecule has 0 bridgehead atoms. The van der Waals surface area contributed by atoms with E-state index in [9.17, 15) is 14.9 Å². The molecule has 2 aromatic heterocycles. The number of unbranched alkanes of at least 4 members (excludes halogenated alkanes) is 3. The quantitative estimate of drug-likeness (QED) is 0.0593. The minimum absolute atomic E-state index is 0.0354. The van der Waals surface area contributed by atoms with Crippen molar-refractivity contribution in [3.8, 4) is 15.8 Å². The lowest BCUT2D eigenvalue weighted by Gasteiger charge is -2.18. The Balaban J connectivity index is 1.65. The first kappa shape index (κ1) is 35.6. The van der Waals surface area contributed by atoms with Crippen LogP contribution in [0.4, 0.5) is 9.80 Å². The van der Waals surface area contributed by atoms with Crippen LogP contribution in [0.2, 0.25) is 0 Å². The van der Waals surface area contributed by atoms with Crippen LogP contribution in [0.25, 0.3) is 15.8 Å². The van der Waals surface area contributed by atoms with Gasteiger partial charge in [-0.2, -0.15) is 5.26 Å². The van der Waals surface area contributed by atoms with Crippen LogP contribution in [0.5, 0.6) is 0 Å². The van der Waals surface area contributed by atoms with Gasteiger partial charge in [-0.05, 0) is 64.0 Å². The molecule has 1 amide bonds. The Hall–Kier alpha value is -2.62. The minimum atomic E-state index is -0.670. The van der Waals surface area contributed by atoms with E-state index >= 15 is 0 Å². The highest BCUT2D eigenvalue weighted by atomic mass is 35.5. The molecule has 2 heterocycles. The predicted molar refractivity (Wildman–Crippen MR) is 171 cm³/mol. The summed E-state index contributed by atoms with van der Waals surface area (Å²) in [6.07, 6.45) is 5.43. The van der Waals surface area contributed by atoms with Crippen LogP contribution in [-0.2, 0) is 23.7 Å². The summed E-state index contributed by atoms with van der Waals surface area (Å²) < 4.78 is 21.6. The van der Waals surface area contributed by atoms with E-state index in [0.717, 1.165) is 51.9 Å². The molecule has 1 N–H and O–H groups in total. The lowest BCUT2D eigenvalue weighted by Crippen LogP contribution is -2.31. The Labute approximate surface area is 262 Å². The molecular weight excluding hydrogens is 598 g/mol. The van der Waals surface area contributed by atoms with Crippen LogP contribution in [0.3, 0.4) is 0 Å². The number of hydrogen-bond donors (Lipinski definition) is 1. The number of alkyl carbamates (subject to hydrolysis) is 1. The third kappa shape index (κ3) is 14.5. The van der Waals surface area contributed by atoms with Gasteiger partial charge in [-0.3, -0.25) is 0 Å². The maximum Gasteiger partial charge on any atom is 0.407 e. The molecule has 0 radical (unpaired) electrons. The number of alkyl halides is 1. The molecule has 12 heteroatoms. The molecule has 0 aliphatic heterocycles. The standard InChI is InChI=1S/C30H42ClN3O6S2/c1-30(2,3)40-28(35)23(22-32)21-24-9-10-25(41-24)26-11-12-27(42-26)34(4)15-18-39-29(36)33-14-17-38-20-19-37-16-8-6-5-7-13-31/h9-12,21H,5-8,13-20H2,1-4H3,(H,33,36)/b23-21+. The van der Waals surface area contributed by atoms with Gasteiger partial charge in [0, 0.05) is 40.7 Å². The summed E-state index contributed by atoms with van der Waals surface area (Å²) in [6.45, 7) is 8.58. The second kappa shape index (κ2) is 19.5. The second-order valence-corrected chi connectivity index (χ2v) is 12.9. The van der Waals surface area contributed by atoms with Gasteiger partial charge in [0.25, 0.3) is 0 Å². The van der Waals surface area contributed by atoms with Gasteiger partial charge in [0.05, 0.1) is 31.4 Å². The van der Waals surface area contributed by atoms with Crippen molar-refractivity contribution in [3.05, 3.63) is 34.7 Å². The number of rotatable bonds is 19. The van der Waals surface area contributed by atoms with Gasteiger partial charge in [-0.1, -0.05) is 12.8 Å². The van der Waals surface area contributed by atoms with Gasteiger partial charge in [-0.25, -0.2) is 9.59 Å². The fourth-order valence-electron chi connectivity index (χ4n) is 3.48. The number of esters is 1. The number of anilines is 1. The van der Waals surface area contributed by atoms with Crippen LogP contribution >= 0.6 is 34.3 Å². The number of halogens is 1. The SMILES string of the molecule is CN(CCOC(=O)NCCOCCOCCCCCCCl)c1ccc(-c2ccc(/C=C(\C#N)C(=O)OC(C)(C)C)s2)s1. The third-order valence-corrected chi connectivity index (χ3v) is 8.28. The van der Waals surface area contributed by atoms with Crippen LogP contribution in [0.15, 0.2) is 29.8 Å². The lowest BCUT2D eigenvalue weighted by atomic mass is 10.2. The molecule has 2 aromatic rings. The number of thiophene rings is 2. The molecule has 0 saturated carbocycles. The van der Waals surface area contributed by atoms with Gasteiger partial charge < -0.3 is 29.2 Å². The van der Waals surface area contributed by atoms with Gasteiger partial charge >= 0.3 is 12.1 Å². The van der Waals surface area contributed by atoms with E-state index in [-0.39, 0.29) is 12.2 Å². The molecule has 0 spiro atoms. The minimum Gasteiger partial charge on any atom is -0.456 e. The summed E-state index contributed by atoms with van der Waals surface area (Å²) in [5.41, 5.74) is -0.705. The van der Waals surface area contributed by atoms with E-state index in [1.54, 1.807) is 38.2 Å². The van der Waals surface area contributed by atoms with E-state index in [4.69, 9.17) is 30.5 Å². The maximum atomic E-state index is 12.3. The normalized spacial score (nSPS) is 11.7. The van der Waals surface area contributed by atoms with E-state index in [2.05, 4.69) is 5.32 Å². The Morgan fingerprint density at radius 2 is 1.67 bits per heavy atom. The summed E-state index contributed by atoms with van der Waals surface area (Å²) in [5, 5.41) is 13.1. The molecule has 2 rings (SSSR count). The average molecular weight is 640 g/mol. The Bertz CT molecular complexity index is 1170. The Morgan fingerprint density at radius 3 is 2.38 bits per heavy atom. The van der Waals surface area contributed by atoms with Crippen molar-refractivity contribution in [2.45, 2.75) is 52.1 Å². The third-order valence-electron chi connectivity index (χ3n) is 5.58. The monoisotopic (exact) mass is 639 g/mol. The molecule has 0 atom stereocenters. The highest BCUT2D eigenvalue weighted by molar-refractivity contribution is 7.24. The number of nitrogens with zero attached hydrogens (tertiary/aromatic N) is 2. The highest BCUT2D eigenvalue weighted by Gasteiger charge is 2.20. The molecule has 0 saturated heterocycles. The lowest BCUT2D eigenvalue weighted by molar-refractivity contribution is -0.149. The zero-order valence-electron chi connectivity index (χ0n) is 24.9. The van der Waals surface area contributed by atoms with Gasteiger partial charge in [0.15, 0.2) is 0 Å².